The topological polar surface area (TPSA) is 74.2 Å². The van der Waals surface area contributed by atoms with Crippen LogP contribution in [0.25, 0.3) is 11.4 Å². The first kappa shape index (κ1) is 14.5. The van der Waals surface area contributed by atoms with Crippen LogP contribution in [-0.2, 0) is 0 Å². The Morgan fingerprint density at radius 2 is 2.00 bits per heavy atom. The van der Waals surface area contributed by atoms with Gasteiger partial charge in [0.1, 0.15) is 5.75 Å². The third-order valence-electron chi connectivity index (χ3n) is 3.07. The Labute approximate surface area is 119 Å². The van der Waals surface area contributed by atoms with E-state index in [1.807, 2.05) is 52.0 Å². The van der Waals surface area contributed by atoms with Crippen molar-refractivity contribution in [3.05, 3.63) is 30.2 Å². The van der Waals surface area contributed by atoms with Crippen LogP contribution in [0.5, 0.6) is 5.75 Å². The second-order valence-electron chi connectivity index (χ2n) is 5.73. The lowest BCUT2D eigenvalue weighted by Gasteiger charge is -2.23. The molecule has 0 saturated carbocycles. The van der Waals surface area contributed by atoms with E-state index in [0.29, 0.717) is 18.3 Å². The van der Waals surface area contributed by atoms with Gasteiger partial charge in [0.15, 0.2) is 0 Å². The van der Waals surface area contributed by atoms with Gasteiger partial charge in [0.2, 0.25) is 11.7 Å². The average Bonchev–Trinajstić information content (AvgIpc) is 2.87. The molecule has 5 nitrogen and oxygen atoms in total. The molecule has 2 N–H and O–H groups in total. The molecule has 0 fully saturated rings. The van der Waals surface area contributed by atoms with Crippen LogP contribution in [0.1, 0.15) is 39.6 Å². The molecule has 5 heteroatoms. The van der Waals surface area contributed by atoms with Crippen molar-refractivity contribution in [1.82, 2.24) is 10.1 Å². The second kappa shape index (κ2) is 5.63. The van der Waals surface area contributed by atoms with Gasteiger partial charge in [-0.25, -0.2) is 0 Å². The van der Waals surface area contributed by atoms with E-state index in [0.717, 1.165) is 11.3 Å². The van der Waals surface area contributed by atoms with Gasteiger partial charge in [-0.15, -0.1) is 0 Å². The maximum absolute atomic E-state index is 6.13. The van der Waals surface area contributed by atoms with Crippen LogP contribution in [0.2, 0.25) is 0 Å². The molecule has 0 amide bonds. The fourth-order valence-electron chi connectivity index (χ4n) is 1.77. The van der Waals surface area contributed by atoms with E-state index in [2.05, 4.69) is 10.1 Å². The third-order valence-corrected chi connectivity index (χ3v) is 3.07. The highest BCUT2D eigenvalue weighted by atomic mass is 16.5. The maximum atomic E-state index is 6.13. The molecule has 0 bridgehead atoms. The zero-order chi connectivity index (χ0) is 14.8. The molecule has 20 heavy (non-hydrogen) atoms. The molecule has 0 aliphatic rings. The number of hydrogen-bond acceptors (Lipinski definition) is 5. The molecular formula is C15H21N3O2. The summed E-state index contributed by atoms with van der Waals surface area (Å²) in [5.41, 5.74) is 6.81. The van der Waals surface area contributed by atoms with Gasteiger partial charge in [0.25, 0.3) is 0 Å². The lowest BCUT2D eigenvalue weighted by molar-refractivity contribution is 0.253. The molecule has 2 aromatic rings. The Bertz CT molecular complexity index is 572. The summed E-state index contributed by atoms with van der Waals surface area (Å²) in [7, 11) is 0. The predicted octanol–water partition coefficient (Wildman–Crippen LogP) is 3.18. The van der Waals surface area contributed by atoms with E-state index >= 15 is 0 Å². The summed E-state index contributed by atoms with van der Waals surface area (Å²) in [5.74, 6) is 1.69. The van der Waals surface area contributed by atoms with Crippen LogP contribution in [0.3, 0.4) is 0 Å². The van der Waals surface area contributed by atoms with Crippen LogP contribution in [0.15, 0.2) is 28.8 Å². The minimum atomic E-state index is -0.303. The minimum absolute atomic E-state index is 0.136. The molecule has 1 atom stereocenters. The monoisotopic (exact) mass is 275 g/mol. The maximum Gasteiger partial charge on any atom is 0.244 e. The molecule has 0 spiro atoms. The minimum Gasteiger partial charge on any atom is -0.493 e. The number of aromatic nitrogens is 2. The van der Waals surface area contributed by atoms with Crippen molar-refractivity contribution < 1.29 is 9.26 Å². The van der Waals surface area contributed by atoms with Crippen LogP contribution >= 0.6 is 0 Å². The lowest BCUT2D eigenvalue weighted by Crippen LogP contribution is -2.26. The number of rotatable bonds is 4. The lowest BCUT2D eigenvalue weighted by atomic mass is 9.87. The summed E-state index contributed by atoms with van der Waals surface area (Å²) in [6, 6.07) is 7.32. The third kappa shape index (κ3) is 2.99. The van der Waals surface area contributed by atoms with E-state index < -0.39 is 0 Å². The summed E-state index contributed by atoms with van der Waals surface area (Å²) >= 11 is 0. The molecule has 1 aromatic heterocycles. The van der Waals surface area contributed by atoms with E-state index in [4.69, 9.17) is 15.0 Å². The predicted molar refractivity (Wildman–Crippen MR) is 77.3 cm³/mol. The second-order valence-corrected chi connectivity index (χ2v) is 5.73. The van der Waals surface area contributed by atoms with E-state index in [-0.39, 0.29) is 11.5 Å². The van der Waals surface area contributed by atoms with E-state index in [1.54, 1.807) is 0 Å². The van der Waals surface area contributed by atoms with Gasteiger partial charge in [0.05, 0.1) is 18.2 Å². The number of ether oxygens (including phenoxy) is 1. The van der Waals surface area contributed by atoms with Crippen molar-refractivity contribution >= 4 is 0 Å². The molecule has 0 radical (unpaired) electrons. The van der Waals surface area contributed by atoms with E-state index in [9.17, 15) is 0 Å². The summed E-state index contributed by atoms with van der Waals surface area (Å²) < 4.78 is 10.9. The van der Waals surface area contributed by atoms with Gasteiger partial charge in [0, 0.05) is 0 Å². The van der Waals surface area contributed by atoms with Crippen LogP contribution in [0.4, 0.5) is 0 Å². The van der Waals surface area contributed by atoms with Gasteiger partial charge in [-0.3, -0.25) is 0 Å². The Hall–Kier alpha value is -1.88. The molecule has 0 aliphatic carbocycles. The van der Waals surface area contributed by atoms with Crippen molar-refractivity contribution in [1.29, 1.82) is 0 Å². The summed E-state index contributed by atoms with van der Waals surface area (Å²) in [6.45, 7) is 8.64. The summed E-state index contributed by atoms with van der Waals surface area (Å²) in [4.78, 5) is 4.41. The fourth-order valence-corrected chi connectivity index (χ4v) is 1.77. The first-order valence-electron chi connectivity index (χ1n) is 6.75. The zero-order valence-electron chi connectivity index (χ0n) is 12.4. The Kier molecular flexibility index (Phi) is 4.09. The van der Waals surface area contributed by atoms with Gasteiger partial charge in [-0.1, -0.05) is 38.1 Å². The Balaban J connectivity index is 2.34. The first-order chi connectivity index (χ1) is 9.43. The zero-order valence-corrected chi connectivity index (χ0v) is 12.4. The molecule has 2 rings (SSSR count). The Morgan fingerprint density at radius 1 is 1.30 bits per heavy atom. The molecule has 1 heterocycles. The van der Waals surface area contributed by atoms with Crippen LogP contribution in [0, 0.1) is 5.41 Å². The quantitative estimate of drug-likeness (QED) is 0.927. The highest BCUT2D eigenvalue weighted by Crippen LogP contribution is 2.32. The normalized spacial score (nSPS) is 13.2. The average molecular weight is 275 g/mol. The van der Waals surface area contributed by atoms with Crippen molar-refractivity contribution in [2.75, 3.05) is 6.61 Å². The SMILES string of the molecule is CCOc1ccccc1-c1noc([C@@H](N)C(C)(C)C)n1. The van der Waals surface area contributed by atoms with Gasteiger partial charge in [-0.2, -0.15) is 4.98 Å². The van der Waals surface area contributed by atoms with Gasteiger partial charge >= 0.3 is 0 Å². The number of nitrogens with zero attached hydrogens (tertiary/aromatic N) is 2. The van der Waals surface area contributed by atoms with Crippen molar-refractivity contribution in [2.24, 2.45) is 11.1 Å². The van der Waals surface area contributed by atoms with E-state index in [1.165, 1.54) is 0 Å². The summed E-state index contributed by atoms with van der Waals surface area (Å²) in [6.07, 6.45) is 0. The number of benzene rings is 1. The van der Waals surface area contributed by atoms with Crippen molar-refractivity contribution in [3.63, 3.8) is 0 Å². The summed E-state index contributed by atoms with van der Waals surface area (Å²) in [5, 5.41) is 4.02. The molecule has 0 saturated heterocycles. The fraction of sp³-hybridized carbons (Fsp3) is 0.467. The molecule has 0 aliphatic heterocycles. The molecular weight excluding hydrogens is 254 g/mol. The van der Waals surface area contributed by atoms with Crippen LogP contribution in [-0.4, -0.2) is 16.7 Å². The van der Waals surface area contributed by atoms with Crippen molar-refractivity contribution in [3.8, 4) is 17.1 Å². The molecule has 108 valence electrons. The number of hydrogen-bond donors (Lipinski definition) is 1. The number of para-hydroxylation sites is 1. The van der Waals surface area contributed by atoms with Gasteiger partial charge in [-0.05, 0) is 24.5 Å². The van der Waals surface area contributed by atoms with Crippen LogP contribution < -0.4 is 10.5 Å². The molecule has 1 aromatic carbocycles. The highest BCUT2D eigenvalue weighted by Gasteiger charge is 2.28. The first-order valence-corrected chi connectivity index (χ1v) is 6.75. The molecule has 0 unspecified atom stereocenters. The van der Waals surface area contributed by atoms with Crippen molar-refractivity contribution in [2.45, 2.75) is 33.7 Å². The highest BCUT2D eigenvalue weighted by molar-refractivity contribution is 5.63. The standard InChI is InChI=1S/C15H21N3O2/c1-5-19-11-9-7-6-8-10(11)13-17-14(20-18-13)12(16)15(2,3)4/h6-9,12H,5,16H2,1-4H3/t12-/m1/s1. The number of nitrogens with two attached hydrogens (primary N) is 1. The van der Waals surface area contributed by atoms with Gasteiger partial charge < -0.3 is 15.0 Å². The smallest absolute Gasteiger partial charge is 0.244 e. The largest absolute Gasteiger partial charge is 0.493 e. The Morgan fingerprint density at radius 3 is 2.65 bits per heavy atom.